The molecule has 1 heterocycles. The number of amides is 1. The van der Waals surface area contributed by atoms with Gasteiger partial charge in [-0.1, -0.05) is 29.8 Å². The zero-order valence-electron chi connectivity index (χ0n) is 11.3. The third-order valence-electron chi connectivity index (χ3n) is 2.86. The second kappa shape index (κ2) is 6.18. The van der Waals surface area contributed by atoms with Crippen molar-refractivity contribution in [1.82, 2.24) is 10.3 Å². The van der Waals surface area contributed by atoms with Gasteiger partial charge < -0.3 is 9.73 Å². The molecule has 0 bridgehead atoms. The van der Waals surface area contributed by atoms with E-state index in [-0.39, 0.29) is 5.91 Å². The third kappa shape index (κ3) is 4.25. The highest BCUT2D eigenvalue weighted by Crippen LogP contribution is 2.06. The van der Waals surface area contributed by atoms with Crippen LogP contribution in [0.1, 0.15) is 29.1 Å². The van der Waals surface area contributed by atoms with E-state index in [0.717, 1.165) is 12.1 Å². The highest BCUT2D eigenvalue weighted by atomic mass is 16.3. The normalized spacial score (nSPS) is 10.4. The molecule has 0 fully saturated rings. The Labute approximate surface area is 112 Å². The molecule has 4 heteroatoms. The summed E-state index contributed by atoms with van der Waals surface area (Å²) in [5.41, 5.74) is 3.16. The van der Waals surface area contributed by atoms with Crippen LogP contribution < -0.4 is 5.32 Å². The summed E-state index contributed by atoms with van der Waals surface area (Å²) in [6.45, 7) is 4.25. The Morgan fingerprint density at radius 3 is 2.89 bits per heavy atom. The molecule has 0 radical (unpaired) electrons. The van der Waals surface area contributed by atoms with Crippen molar-refractivity contribution in [2.75, 3.05) is 0 Å². The number of carbonyl (C=O) groups excluding carboxylic acids is 1. The van der Waals surface area contributed by atoms with Crippen LogP contribution >= 0.6 is 0 Å². The summed E-state index contributed by atoms with van der Waals surface area (Å²) in [6.07, 6.45) is 2.81. The van der Waals surface area contributed by atoms with Gasteiger partial charge in [0.25, 0.3) is 0 Å². The number of rotatable bonds is 5. The monoisotopic (exact) mass is 258 g/mol. The van der Waals surface area contributed by atoms with Gasteiger partial charge in [-0.3, -0.25) is 4.79 Å². The first kappa shape index (κ1) is 13.3. The molecule has 1 N–H and O–H groups in total. The molecule has 0 spiro atoms. The quantitative estimate of drug-likeness (QED) is 0.896. The summed E-state index contributed by atoms with van der Waals surface area (Å²) in [6, 6.07) is 8.22. The van der Waals surface area contributed by atoms with Crippen LogP contribution in [-0.4, -0.2) is 10.9 Å². The van der Waals surface area contributed by atoms with Gasteiger partial charge in [-0.05, 0) is 18.9 Å². The second-order valence-electron chi connectivity index (χ2n) is 4.62. The van der Waals surface area contributed by atoms with Gasteiger partial charge in [0, 0.05) is 13.3 Å². The molecular weight excluding hydrogens is 240 g/mol. The number of hydrogen-bond acceptors (Lipinski definition) is 3. The number of hydrogen-bond donors (Lipinski definition) is 1. The van der Waals surface area contributed by atoms with Crippen LogP contribution in [0.4, 0.5) is 0 Å². The van der Waals surface area contributed by atoms with Gasteiger partial charge in [-0.25, -0.2) is 4.98 Å². The van der Waals surface area contributed by atoms with Crippen molar-refractivity contribution < 1.29 is 9.21 Å². The van der Waals surface area contributed by atoms with E-state index in [1.807, 2.05) is 12.1 Å². The fourth-order valence-corrected chi connectivity index (χ4v) is 1.89. The molecule has 2 aromatic rings. The van der Waals surface area contributed by atoms with Crippen LogP contribution in [0, 0.1) is 13.8 Å². The van der Waals surface area contributed by atoms with E-state index in [1.165, 1.54) is 11.1 Å². The molecule has 0 aliphatic heterocycles. The van der Waals surface area contributed by atoms with Gasteiger partial charge in [-0.2, -0.15) is 0 Å². The summed E-state index contributed by atoms with van der Waals surface area (Å²) in [5, 5.41) is 2.84. The Morgan fingerprint density at radius 1 is 1.37 bits per heavy atom. The second-order valence-corrected chi connectivity index (χ2v) is 4.62. The number of carbonyl (C=O) groups is 1. The number of oxazole rings is 1. The first-order valence-corrected chi connectivity index (χ1v) is 6.37. The minimum Gasteiger partial charge on any atom is -0.449 e. The largest absolute Gasteiger partial charge is 0.449 e. The zero-order chi connectivity index (χ0) is 13.7. The Morgan fingerprint density at radius 2 is 2.21 bits per heavy atom. The SMILES string of the molecule is Cc1cccc(CCC(=O)NCc2coc(C)n2)c1. The minimum atomic E-state index is 0.0298. The van der Waals surface area contributed by atoms with E-state index in [9.17, 15) is 4.79 Å². The molecule has 0 aliphatic rings. The van der Waals surface area contributed by atoms with Crippen molar-refractivity contribution in [3.8, 4) is 0 Å². The number of benzene rings is 1. The lowest BCUT2D eigenvalue weighted by Gasteiger charge is -2.04. The first-order chi connectivity index (χ1) is 9.13. The minimum absolute atomic E-state index is 0.0298. The summed E-state index contributed by atoms with van der Waals surface area (Å²) in [4.78, 5) is 15.8. The number of nitrogens with zero attached hydrogens (tertiary/aromatic N) is 1. The maximum Gasteiger partial charge on any atom is 0.220 e. The van der Waals surface area contributed by atoms with Crippen molar-refractivity contribution in [1.29, 1.82) is 0 Å². The molecule has 2 rings (SSSR count). The van der Waals surface area contributed by atoms with Crippen molar-refractivity contribution in [2.24, 2.45) is 0 Å². The smallest absolute Gasteiger partial charge is 0.220 e. The van der Waals surface area contributed by atoms with Gasteiger partial charge in [0.05, 0.1) is 12.2 Å². The van der Waals surface area contributed by atoms with E-state index in [4.69, 9.17) is 4.42 Å². The highest BCUT2D eigenvalue weighted by Gasteiger charge is 2.04. The lowest BCUT2D eigenvalue weighted by molar-refractivity contribution is -0.121. The summed E-state index contributed by atoms with van der Waals surface area (Å²) in [5.74, 6) is 0.645. The lowest BCUT2D eigenvalue weighted by atomic mass is 10.1. The lowest BCUT2D eigenvalue weighted by Crippen LogP contribution is -2.23. The van der Waals surface area contributed by atoms with E-state index >= 15 is 0 Å². The van der Waals surface area contributed by atoms with Crippen molar-refractivity contribution >= 4 is 5.91 Å². The van der Waals surface area contributed by atoms with Gasteiger partial charge in [0.1, 0.15) is 6.26 Å². The fraction of sp³-hybridized carbons (Fsp3) is 0.333. The Balaban J connectivity index is 1.75. The highest BCUT2D eigenvalue weighted by molar-refractivity contribution is 5.76. The summed E-state index contributed by atoms with van der Waals surface area (Å²) < 4.78 is 5.08. The Hall–Kier alpha value is -2.10. The van der Waals surface area contributed by atoms with Crippen LogP contribution in [0.15, 0.2) is 34.9 Å². The van der Waals surface area contributed by atoms with Crippen LogP contribution in [0.2, 0.25) is 0 Å². The molecule has 0 saturated heterocycles. The zero-order valence-corrected chi connectivity index (χ0v) is 11.3. The molecule has 0 aliphatic carbocycles. The Kier molecular flexibility index (Phi) is 4.34. The molecule has 0 unspecified atom stereocenters. The van der Waals surface area contributed by atoms with Gasteiger partial charge in [-0.15, -0.1) is 0 Å². The molecular formula is C15H18N2O2. The molecule has 1 aromatic heterocycles. The maximum atomic E-state index is 11.7. The molecule has 4 nitrogen and oxygen atoms in total. The van der Waals surface area contributed by atoms with E-state index in [2.05, 4.69) is 29.4 Å². The van der Waals surface area contributed by atoms with Gasteiger partial charge in [0.15, 0.2) is 5.89 Å². The van der Waals surface area contributed by atoms with Gasteiger partial charge in [0.2, 0.25) is 5.91 Å². The maximum absolute atomic E-state index is 11.7. The standard InChI is InChI=1S/C15H18N2O2/c1-11-4-3-5-13(8-11)6-7-15(18)16-9-14-10-19-12(2)17-14/h3-5,8,10H,6-7,9H2,1-2H3,(H,16,18). The molecule has 100 valence electrons. The number of nitrogens with one attached hydrogen (secondary N) is 1. The fourth-order valence-electron chi connectivity index (χ4n) is 1.89. The molecule has 0 saturated carbocycles. The average Bonchev–Trinajstić information content (AvgIpc) is 2.80. The topological polar surface area (TPSA) is 55.1 Å². The van der Waals surface area contributed by atoms with Crippen molar-refractivity contribution in [3.63, 3.8) is 0 Å². The summed E-state index contributed by atoms with van der Waals surface area (Å²) in [7, 11) is 0. The molecule has 19 heavy (non-hydrogen) atoms. The van der Waals surface area contributed by atoms with Crippen LogP contribution in [0.25, 0.3) is 0 Å². The predicted molar refractivity (Wildman–Crippen MR) is 72.6 cm³/mol. The summed E-state index contributed by atoms with van der Waals surface area (Å²) >= 11 is 0. The van der Waals surface area contributed by atoms with E-state index < -0.39 is 0 Å². The molecule has 0 atom stereocenters. The van der Waals surface area contributed by atoms with Crippen LogP contribution in [0.3, 0.4) is 0 Å². The van der Waals surface area contributed by atoms with E-state index in [1.54, 1.807) is 13.2 Å². The first-order valence-electron chi connectivity index (χ1n) is 6.37. The van der Waals surface area contributed by atoms with Crippen molar-refractivity contribution in [2.45, 2.75) is 33.2 Å². The van der Waals surface area contributed by atoms with Crippen molar-refractivity contribution in [3.05, 3.63) is 53.2 Å². The van der Waals surface area contributed by atoms with Crippen LogP contribution in [0.5, 0.6) is 0 Å². The Bertz CT molecular complexity index is 561. The van der Waals surface area contributed by atoms with E-state index in [0.29, 0.717) is 18.9 Å². The third-order valence-corrected chi connectivity index (χ3v) is 2.86. The predicted octanol–water partition coefficient (Wildman–Crippen LogP) is 2.54. The van der Waals surface area contributed by atoms with Crippen LogP contribution in [-0.2, 0) is 17.8 Å². The van der Waals surface area contributed by atoms with Gasteiger partial charge >= 0.3 is 0 Å². The average molecular weight is 258 g/mol. The molecule has 1 aromatic carbocycles. The number of aryl methyl sites for hydroxylation is 3. The number of aromatic nitrogens is 1. The molecule has 1 amide bonds.